The van der Waals surface area contributed by atoms with Crippen molar-refractivity contribution in [3.8, 4) is 0 Å². The number of carbonyl (C=O) groups is 1. The highest BCUT2D eigenvalue weighted by Crippen LogP contribution is 2.30. The van der Waals surface area contributed by atoms with Crippen molar-refractivity contribution in [2.45, 2.75) is 65.5 Å². The van der Waals surface area contributed by atoms with Gasteiger partial charge in [0.2, 0.25) is 5.91 Å². The summed E-state index contributed by atoms with van der Waals surface area (Å²) in [6.07, 6.45) is 1.37. The minimum absolute atomic E-state index is 0.0320. The van der Waals surface area contributed by atoms with Crippen LogP contribution in [0.25, 0.3) is 0 Å². The molecule has 0 aromatic carbocycles. The SMILES string of the molecule is CCN(CC)C(=O)CCC1OC(C)(C)OC1C. The summed E-state index contributed by atoms with van der Waals surface area (Å²) in [6.45, 7) is 11.4. The Kier molecular flexibility index (Phi) is 4.95. The summed E-state index contributed by atoms with van der Waals surface area (Å²) in [6, 6.07) is 0. The van der Waals surface area contributed by atoms with E-state index in [2.05, 4.69) is 0 Å². The average Bonchev–Trinajstić information content (AvgIpc) is 2.50. The van der Waals surface area contributed by atoms with E-state index < -0.39 is 5.79 Å². The lowest BCUT2D eigenvalue weighted by atomic mass is 10.1. The summed E-state index contributed by atoms with van der Waals surface area (Å²) >= 11 is 0. The first-order chi connectivity index (χ1) is 7.89. The standard InChI is InChI=1S/C13H25NO3/c1-6-14(7-2)12(15)9-8-11-10(3)16-13(4,5)17-11/h10-11H,6-9H2,1-5H3. The fourth-order valence-corrected chi connectivity index (χ4v) is 2.31. The molecule has 2 unspecified atom stereocenters. The number of hydrogen-bond acceptors (Lipinski definition) is 3. The van der Waals surface area contributed by atoms with Crippen LogP contribution in [0, 0.1) is 0 Å². The molecule has 2 atom stereocenters. The van der Waals surface area contributed by atoms with Gasteiger partial charge in [0.05, 0.1) is 12.2 Å². The largest absolute Gasteiger partial charge is 0.345 e. The number of ether oxygens (including phenoxy) is 2. The first kappa shape index (κ1) is 14.5. The van der Waals surface area contributed by atoms with Gasteiger partial charge in [0.15, 0.2) is 5.79 Å². The first-order valence-corrected chi connectivity index (χ1v) is 6.53. The van der Waals surface area contributed by atoms with Gasteiger partial charge in [-0.3, -0.25) is 4.79 Å². The Hall–Kier alpha value is -0.610. The minimum atomic E-state index is -0.512. The van der Waals surface area contributed by atoms with Gasteiger partial charge in [0, 0.05) is 19.5 Å². The zero-order chi connectivity index (χ0) is 13.1. The smallest absolute Gasteiger partial charge is 0.222 e. The molecule has 0 bridgehead atoms. The van der Waals surface area contributed by atoms with E-state index in [0.717, 1.165) is 19.5 Å². The fourth-order valence-electron chi connectivity index (χ4n) is 2.31. The molecule has 1 aliphatic heterocycles. The van der Waals surface area contributed by atoms with Crippen molar-refractivity contribution in [2.24, 2.45) is 0 Å². The van der Waals surface area contributed by atoms with Crippen LogP contribution in [0.4, 0.5) is 0 Å². The lowest BCUT2D eigenvalue weighted by molar-refractivity contribution is -0.147. The van der Waals surface area contributed by atoms with Crippen LogP contribution >= 0.6 is 0 Å². The van der Waals surface area contributed by atoms with E-state index >= 15 is 0 Å². The predicted octanol–water partition coefficient (Wildman–Crippen LogP) is 2.17. The molecule has 0 radical (unpaired) electrons. The second-order valence-corrected chi connectivity index (χ2v) is 4.98. The quantitative estimate of drug-likeness (QED) is 0.743. The van der Waals surface area contributed by atoms with Crippen molar-refractivity contribution >= 4 is 5.91 Å². The summed E-state index contributed by atoms with van der Waals surface area (Å²) in [5, 5.41) is 0. The molecule has 0 aromatic heterocycles. The molecule has 0 aromatic rings. The Balaban J connectivity index is 2.39. The van der Waals surface area contributed by atoms with Crippen molar-refractivity contribution in [1.82, 2.24) is 4.90 Å². The molecule has 0 spiro atoms. The maximum atomic E-state index is 11.9. The molecule has 1 fully saturated rings. The molecule has 100 valence electrons. The number of amides is 1. The summed E-state index contributed by atoms with van der Waals surface area (Å²) < 4.78 is 11.4. The van der Waals surface area contributed by atoms with Crippen LogP contribution in [0.2, 0.25) is 0 Å². The minimum Gasteiger partial charge on any atom is -0.345 e. The molecule has 1 amide bonds. The first-order valence-electron chi connectivity index (χ1n) is 6.53. The van der Waals surface area contributed by atoms with Crippen LogP contribution in [0.3, 0.4) is 0 Å². The van der Waals surface area contributed by atoms with Gasteiger partial charge in [-0.1, -0.05) is 0 Å². The maximum absolute atomic E-state index is 11.9. The van der Waals surface area contributed by atoms with Crippen LogP contribution in [-0.4, -0.2) is 41.9 Å². The van der Waals surface area contributed by atoms with E-state index in [9.17, 15) is 4.79 Å². The Morgan fingerprint density at radius 1 is 1.24 bits per heavy atom. The van der Waals surface area contributed by atoms with Crippen LogP contribution in [0.15, 0.2) is 0 Å². The van der Waals surface area contributed by atoms with Crippen LogP contribution in [-0.2, 0) is 14.3 Å². The highest BCUT2D eigenvalue weighted by Gasteiger charge is 2.38. The summed E-state index contributed by atoms with van der Waals surface area (Å²) in [5.74, 6) is -0.307. The Morgan fingerprint density at radius 2 is 1.82 bits per heavy atom. The number of rotatable bonds is 5. The predicted molar refractivity (Wildman–Crippen MR) is 66.7 cm³/mol. The summed E-state index contributed by atoms with van der Waals surface area (Å²) in [4.78, 5) is 13.7. The molecular formula is C13H25NO3. The third-order valence-corrected chi connectivity index (χ3v) is 3.19. The molecule has 1 heterocycles. The van der Waals surface area contributed by atoms with Crippen molar-refractivity contribution in [3.63, 3.8) is 0 Å². The molecule has 0 N–H and O–H groups in total. The van der Waals surface area contributed by atoms with Gasteiger partial charge in [-0.2, -0.15) is 0 Å². The van der Waals surface area contributed by atoms with Gasteiger partial charge in [0.1, 0.15) is 0 Å². The third kappa shape index (κ3) is 3.96. The monoisotopic (exact) mass is 243 g/mol. The van der Waals surface area contributed by atoms with Gasteiger partial charge in [-0.25, -0.2) is 0 Å². The molecule has 17 heavy (non-hydrogen) atoms. The van der Waals surface area contributed by atoms with Crippen LogP contribution < -0.4 is 0 Å². The van der Waals surface area contributed by atoms with Gasteiger partial charge < -0.3 is 14.4 Å². The van der Waals surface area contributed by atoms with E-state index in [-0.39, 0.29) is 18.1 Å². The van der Waals surface area contributed by atoms with E-state index in [1.165, 1.54) is 0 Å². The molecule has 4 heteroatoms. The molecule has 1 saturated heterocycles. The third-order valence-electron chi connectivity index (χ3n) is 3.19. The van der Waals surface area contributed by atoms with E-state index in [1.807, 2.05) is 39.5 Å². The van der Waals surface area contributed by atoms with Crippen molar-refractivity contribution in [1.29, 1.82) is 0 Å². The van der Waals surface area contributed by atoms with Crippen molar-refractivity contribution in [3.05, 3.63) is 0 Å². The summed E-state index contributed by atoms with van der Waals surface area (Å²) in [7, 11) is 0. The average molecular weight is 243 g/mol. The number of nitrogens with zero attached hydrogens (tertiary/aromatic N) is 1. The molecule has 0 aliphatic carbocycles. The Morgan fingerprint density at radius 3 is 2.24 bits per heavy atom. The second-order valence-electron chi connectivity index (χ2n) is 4.98. The van der Waals surface area contributed by atoms with E-state index in [1.54, 1.807) is 0 Å². The maximum Gasteiger partial charge on any atom is 0.222 e. The Bertz CT molecular complexity index is 261. The van der Waals surface area contributed by atoms with Crippen LogP contribution in [0.1, 0.15) is 47.5 Å². The fraction of sp³-hybridized carbons (Fsp3) is 0.923. The lowest BCUT2D eigenvalue weighted by Crippen LogP contribution is -2.32. The molecule has 0 saturated carbocycles. The van der Waals surface area contributed by atoms with Crippen LogP contribution in [0.5, 0.6) is 0 Å². The number of carbonyl (C=O) groups excluding carboxylic acids is 1. The van der Waals surface area contributed by atoms with Gasteiger partial charge in [0.25, 0.3) is 0 Å². The van der Waals surface area contributed by atoms with Gasteiger partial charge in [-0.05, 0) is 41.0 Å². The normalized spacial score (nSPS) is 27.1. The van der Waals surface area contributed by atoms with Crippen molar-refractivity contribution in [2.75, 3.05) is 13.1 Å². The van der Waals surface area contributed by atoms with E-state index in [0.29, 0.717) is 6.42 Å². The molecular weight excluding hydrogens is 218 g/mol. The van der Waals surface area contributed by atoms with Gasteiger partial charge >= 0.3 is 0 Å². The second kappa shape index (κ2) is 5.83. The zero-order valence-electron chi connectivity index (χ0n) is 11.7. The lowest BCUT2D eigenvalue weighted by Gasteiger charge is -2.20. The highest BCUT2D eigenvalue weighted by molar-refractivity contribution is 5.76. The van der Waals surface area contributed by atoms with Gasteiger partial charge in [-0.15, -0.1) is 0 Å². The topological polar surface area (TPSA) is 38.8 Å². The summed E-state index contributed by atoms with van der Waals surface area (Å²) in [5.41, 5.74) is 0. The Labute approximate surface area is 104 Å². The molecule has 1 rings (SSSR count). The zero-order valence-corrected chi connectivity index (χ0v) is 11.7. The van der Waals surface area contributed by atoms with Crippen molar-refractivity contribution < 1.29 is 14.3 Å². The molecule has 1 aliphatic rings. The highest BCUT2D eigenvalue weighted by atomic mass is 16.7. The molecule has 4 nitrogen and oxygen atoms in total. The number of hydrogen-bond donors (Lipinski definition) is 0. The van der Waals surface area contributed by atoms with E-state index in [4.69, 9.17) is 9.47 Å².